The predicted octanol–water partition coefficient (Wildman–Crippen LogP) is 2.52. The lowest BCUT2D eigenvalue weighted by Crippen LogP contribution is -2.41. The Labute approximate surface area is 115 Å². The van der Waals surface area contributed by atoms with Crippen molar-refractivity contribution in [1.29, 1.82) is 0 Å². The molecule has 3 heteroatoms. The van der Waals surface area contributed by atoms with E-state index in [4.69, 9.17) is 5.73 Å². The normalized spacial score (nSPS) is 22.3. The Balaban J connectivity index is 1.65. The number of piperidine rings is 1. The Hall–Kier alpha value is -1.51. The van der Waals surface area contributed by atoms with E-state index in [0.29, 0.717) is 0 Å². The molecule has 0 aromatic heterocycles. The molecule has 0 unspecified atom stereocenters. The molecule has 3 nitrogen and oxygen atoms in total. The zero-order valence-corrected chi connectivity index (χ0v) is 11.5. The van der Waals surface area contributed by atoms with Gasteiger partial charge in [-0.3, -0.25) is 4.99 Å². The minimum atomic E-state index is 0.279. The van der Waals surface area contributed by atoms with Crippen LogP contribution in [0.2, 0.25) is 0 Å². The van der Waals surface area contributed by atoms with Crippen LogP contribution in [-0.2, 0) is 5.41 Å². The summed E-state index contributed by atoms with van der Waals surface area (Å²) in [6, 6.07) is 10.8. The van der Waals surface area contributed by atoms with Crippen LogP contribution in [-0.4, -0.2) is 30.5 Å². The minimum absolute atomic E-state index is 0.279. The zero-order valence-electron chi connectivity index (χ0n) is 11.5. The van der Waals surface area contributed by atoms with E-state index in [1.54, 1.807) is 0 Å². The first-order valence-corrected chi connectivity index (χ1v) is 7.41. The van der Waals surface area contributed by atoms with Gasteiger partial charge in [0, 0.05) is 18.5 Å². The Kier molecular flexibility index (Phi) is 3.45. The van der Waals surface area contributed by atoms with E-state index < -0.39 is 0 Å². The Bertz CT molecular complexity index is 442. The fraction of sp³-hybridized carbons (Fsp3) is 0.562. The van der Waals surface area contributed by atoms with Gasteiger partial charge in [-0.05, 0) is 37.7 Å². The smallest absolute Gasteiger partial charge is 0.191 e. The third-order valence-electron chi connectivity index (χ3n) is 4.46. The minimum Gasteiger partial charge on any atom is -0.370 e. The van der Waals surface area contributed by atoms with Crippen molar-refractivity contribution in [2.24, 2.45) is 10.7 Å². The molecule has 1 saturated heterocycles. The third kappa shape index (κ3) is 2.75. The van der Waals surface area contributed by atoms with E-state index in [9.17, 15) is 0 Å². The highest BCUT2D eigenvalue weighted by molar-refractivity contribution is 5.78. The lowest BCUT2D eigenvalue weighted by molar-refractivity contribution is 0.337. The van der Waals surface area contributed by atoms with Crippen molar-refractivity contribution in [3.63, 3.8) is 0 Å². The van der Waals surface area contributed by atoms with Gasteiger partial charge in [-0.25, -0.2) is 0 Å². The highest BCUT2D eigenvalue weighted by Gasteiger charge is 2.44. The molecule has 0 atom stereocenters. The molecule has 1 aliphatic carbocycles. The second kappa shape index (κ2) is 5.24. The summed E-state index contributed by atoms with van der Waals surface area (Å²) in [5.41, 5.74) is 7.84. The maximum Gasteiger partial charge on any atom is 0.191 e. The second-order valence-electron chi connectivity index (χ2n) is 5.87. The third-order valence-corrected chi connectivity index (χ3v) is 4.46. The van der Waals surface area contributed by atoms with Crippen molar-refractivity contribution in [3.05, 3.63) is 35.9 Å². The van der Waals surface area contributed by atoms with Crippen molar-refractivity contribution in [2.45, 2.75) is 37.5 Å². The Morgan fingerprint density at radius 2 is 1.79 bits per heavy atom. The van der Waals surface area contributed by atoms with Crippen LogP contribution in [0.3, 0.4) is 0 Å². The number of hydrogen-bond acceptors (Lipinski definition) is 1. The summed E-state index contributed by atoms with van der Waals surface area (Å²) in [5, 5.41) is 0. The van der Waals surface area contributed by atoms with Crippen LogP contribution in [0.15, 0.2) is 35.3 Å². The van der Waals surface area contributed by atoms with Crippen LogP contribution in [0.25, 0.3) is 0 Å². The molecular weight excluding hydrogens is 234 g/mol. The molecule has 0 spiro atoms. The van der Waals surface area contributed by atoms with Crippen LogP contribution in [0, 0.1) is 0 Å². The first-order chi connectivity index (χ1) is 9.30. The Morgan fingerprint density at radius 1 is 1.11 bits per heavy atom. The van der Waals surface area contributed by atoms with Gasteiger partial charge in [0.05, 0.1) is 6.54 Å². The number of likely N-dealkylation sites (tertiary alicyclic amines) is 1. The molecule has 1 aliphatic heterocycles. The number of rotatable bonds is 3. The molecule has 2 N–H and O–H groups in total. The second-order valence-corrected chi connectivity index (χ2v) is 5.87. The highest BCUT2D eigenvalue weighted by atomic mass is 15.3. The topological polar surface area (TPSA) is 41.6 Å². The molecule has 0 radical (unpaired) electrons. The maximum atomic E-state index is 6.14. The van der Waals surface area contributed by atoms with Crippen LogP contribution < -0.4 is 5.73 Å². The van der Waals surface area contributed by atoms with E-state index in [1.807, 2.05) is 0 Å². The number of guanidine groups is 1. The predicted molar refractivity (Wildman–Crippen MR) is 79.3 cm³/mol. The van der Waals surface area contributed by atoms with Crippen molar-refractivity contribution in [2.75, 3.05) is 19.6 Å². The van der Waals surface area contributed by atoms with Crippen molar-refractivity contribution < 1.29 is 0 Å². The summed E-state index contributed by atoms with van der Waals surface area (Å²) >= 11 is 0. The highest BCUT2D eigenvalue weighted by Crippen LogP contribution is 2.48. The molecule has 19 heavy (non-hydrogen) atoms. The summed E-state index contributed by atoms with van der Waals surface area (Å²) in [6.45, 7) is 3.00. The molecule has 3 rings (SSSR count). The van der Waals surface area contributed by atoms with Gasteiger partial charge in [0.15, 0.2) is 5.96 Å². The van der Waals surface area contributed by atoms with E-state index in [0.717, 1.165) is 25.6 Å². The monoisotopic (exact) mass is 257 g/mol. The molecule has 0 amide bonds. The Morgan fingerprint density at radius 3 is 2.42 bits per heavy atom. The molecule has 2 fully saturated rings. The fourth-order valence-corrected chi connectivity index (χ4v) is 2.94. The van der Waals surface area contributed by atoms with Crippen LogP contribution in [0.5, 0.6) is 0 Å². The van der Waals surface area contributed by atoms with Gasteiger partial charge in [0.1, 0.15) is 0 Å². The summed E-state index contributed by atoms with van der Waals surface area (Å²) in [5.74, 6) is 0.752. The van der Waals surface area contributed by atoms with E-state index in [1.165, 1.54) is 37.7 Å². The van der Waals surface area contributed by atoms with Gasteiger partial charge in [0.25, 0.3) is 0 Å². The quantitative estimate of drug-likeness (QED) is 0.668. The van der Waals surface area contributed by atoms with Crippen molar-refractivity contribution in [3.8, 4) is 0 Å². The first-order valence-electron chi connectivity index (χ1n) is 7.41. The van der Waals surface area contributed by atoms with E-state index >= 15 is 0 Å². The zero-order chi connectivity index (χ0) is 13.1. The van der Waals surface area contributed by atoms with Crippen LogP contribution in [0.1, 0.15) is 37.7 Å². The van der Waals surface area contributed by atoms with Gasteiger partial charge >= 0.3 is 0 Å². The molecule has 1 saturated carbocycles. The largest absolute Gasteiger partial charge is 0.370 e. The SMILES string of the molecule is NC(=NCC1(c2ccccc2)CC1)N1CCCCC1. The summed E-state index contributed by atoms with van der Waals surface area (Å²) < 4.78 is 0. The van der Waals surface area contributed by atoms with Gasteiger partial charge in [-0.15, -0.1) is 0 Å². The van der Waals surface area contributed by atoms with Gasteiger partial charge < -0.3 is 10.6 Å². The number of benzene rings is 1. The number of nitrogens with two attached hydrogens (primary N) is 1. The van der Waals surface area contributed by atoms with E-state index in [-0.39, 0.29) is 5.41 Å². The number of aliphatic imine (C=N–C) groups is 1. The van der Waals surface area contributed by atoms with Gasteiger partial charge in [0.2, 0.25) is 0 Å². The average molecular weight is 257 g/mol. The number of nitrogens with zero attached hydrogens (tertiary/aromatic N) is 2. The summed E-state index contributed by atoms with van der Waals surface area (Å²) in [7, 11) is 0. The van der Waals surface area contributed by atoms with Crippen molar-refractivity contribution >= 4 is 5.96 Å². The lowest BCUT2D eigenvalue weighted by Gasteiger charge is -2.28. The van der Waals surface area contributed by atoms with Gasteiger partial charge in [-0.1, -0.05) is 30.3 Å². The molecule has 102 valence electrons. The van der Waals surface area contributed by atoms with Gasteiger partial charge in [-0.2, -0.15) is 0 Å². The standard InChI is InChI=1S/C16H23N3/c17-15(19-11-5-2-6-12-19)18-13-16(9-10-16)14-7-3-1-4-8-14/h1,3-4,7-8H,2,5-6,9-13H2,(H2,17,18). The molecular formula is C16H23N3. The summed E-state index contributed by atoms with van der Waals surface area (Å²) in [4.78, 5) is 6.92. The fourth-order valence-electron chi connectivity index (χ4n) is 2.94. The molecule has 2 aliphatic rings. The maximum absolute atomic E-state index is 6.14. The van der Waals surface area contributed by atoms with Crippen LogP contribution >= 0.6 is 0 Å². The lowest BCUT2D eigenvalue weighted by atomic mass is 9.96. The van der Waals surface area contributed by atoms with E-state index in [2.05, 4.69) is 40.2 Å². The summed E-state index contributed by atoms with van der Waals surface area (Å²) in [6.07, 6.45) is 6.32. The van der Waals surface area contributed by atoms with Crippen LogP contribution in [0.4, 0.5) is 0 Å². The molecule has 1 aromatic rings. The molecule has 1 aromatic carbocycles. The molecule has 0 bridgehead atoms. The average Bonchev–Trinajstić information content (AvgIpc) is 3.28. The number of hydrogen-bond donors (Lipinski definition) is 1. The van der Waals surface area contributed by atoms with Crippen molar-refractivity contribution in [1.82, 2.24) is 4.90 Å². The molecule has 1 heterocycles. The first kappa shape index (κ1) is 12.5.